The maximum absolute atomic E-state index is 11.3. The van der Waals surface area contributed by atoms with Crippen molar-refractivity contribution in [2.45, 2.75) is 26.7 Å². The second-order valence-electron chi connectivity index (χ2n) is 3.38. The van der Waals surface area contributed by atoms with Gasteiger partial charge in [0.05, 0.1) is 7.11 Å². The highest BCUT2D eigenvalue weighted by atomic mass is 16.5. The van der Waals surface area contributed by atoms with Crippen LogP contribution in [0.3, 0.4) is 0 Å². The summed E-state index contributed by atoms with van der Waals surface area (Å²) in [7, 11) is 1.63. The fourth-order valence-corrected chi connectivity index (χ4v) is 1.38. The van der Waals surface area contributed by atoms with Crippen molar-refractivity contribution in [1.29, 1.82) is 0 Å². The molecule has 2 heteroatoms. The largest absolute Gasteiger partial charge is 0.496 e. The molecule has 0 aliphatic rings. The van der Waals surface area contributed by atoms with E-state index in [4.69, 9.17) is 4.74 Å². The average Bonchev–Trinajstić information content (AvgIpc) is 2.18. The van der Waals surface area contributed by atoms with Gasteiger partial charge in [-0.05, 0) is 13.0 Å². The number of rotatable bonds is 4. The lowest BCUT2D eigenvalue weighted by Crippen LogP contribution is -2.02. The summed E-state index contributed by atoms with van der Waals surface area (Å²) in [5.41, 5.74) is 2.14. The van der Waals surface area contributed by atoms with Crippen molar-refractivity contribution in [3.05, 3.63) is 29.3 Å². The van der Waals surface area contributed by atoms with Crippen LogP contribution in [0.5, 0.6) is 5.75 Å². The predicted molar refractivity (Wildman–Crippen MR) is 56.7 cm³/mol. The smallest absolute Gasteiger partial charge is 0.137 e. The second-order valence-corrected chi connectivity index (χ2v) is 3.38. The summed E-state index contributed by atoms with van der Waals surface area (Å²) in [6.45, 7) is 3.89. The van der Waals surface area contributed by atoms with Crippen LogP contribution in [0.1, 0.15) is 24.5 Å². The normalized spacial score (nSPS) is 9.93. The van der Waals surface area contributed by atoms with Crippen LogP contribution >= 0.6 is 0 Å². The molecule has 0 heterocycles. The summed E-state index contributed by atoms with van der Waals surface area (Å²) in [5.74, 6) is 1.05. The van der Waals surface area contributed by atoms with Crippen molar-refractivity contribution in [3.63, 3.8) is 0 Å². The molecule has 0 aromatic heterocycles. The number of carbonyl (C=O) groups excluding carboxylic acids is 1. The topological polar surface area (TPSA) is 26.3 Å². The Morgan fingerprint density at radius 3 is 2.71 bits per heavy atom. The Labute approximate surface area is 84.9 Å². The number of hydrogen-bond acceptors (Lipinski definition) is 2. The quantitative estimate of drug-likeness (QED) is 0.732. The zero-order valence-corrected chi connectivity index (χ0v) is 8.96. The molecule has 2 nitrogen and oxygen atoms in total. The van der Waals surface area contributed by atoms with Crippen molar-refractivity contribution in [1.82, 2.24) is 0 Å². The SMILES string of the molecule is CCC(=O)Cc1cc(C)ccc1OC. The lowest BCUT2D eigenvalue weighted by molar-refractivity contribution is -0.118. The highest BCUT2D eigenvalue weighted by Gasteiger charge is 2.06. The fourth-order valence-electron chi connectivity index (χ4n) is 1.38. The second kappa shape index (κ2) is 4.80. The number of Topliss-reactive ketones (excluding diaryl/α,β-unsaturated/α-hetero) is 1. The van der Waals surface area contributed by atoms with Crippen LogP contribution in [0.25, 0.3) is 0 Å². The molecule has 0 aliphatic heterocycles. The van der Waals surface area contributed by atoms with Crippen LogP contribution in [-0.4, -0.2) is 12.9 Å². The van der Waals surface area contributed by atoms with Crippen LogP contribution < -0.4 is 4.74 Å². The molecule has 0 fully saturated rings. The molecule has 14 heavy (non-hydrogen) atoms. The molecule has 0 radical (unpaired) electrons. The highest BCUT2D eigenvalue weighted by Crippen LogP contribution is 2.20. The Kier molecular flexibility index (Phi) is 3.69. The van der Waals surface area contributed by atoms with Crippen molar-refractivity contribution < 1.29 is 9.53 Å². The molecule has 0 saturated heterocycles. The molecule has 0 spiro atoms. The molecule has 1 rings (SSSR count). The van der Waals surface area contributed by atoms with Crippen LogP contribution in [0.4, 0.5) is 0 Å². The summed E-state index contributed by atoms with van der Waals surface area (Å²) in [6, 6.07) is 5.90. The Balaban J connectivity index is 2.93. The Morgan fingerprint density at radius 2 is 2.14 bits per heavy atom. The first kappa shape index (κ1) is 10.8. The maximum Gasteiger partial charge on any atom is 0.137 e. The molecule has 76 valence electrons. The van der Waals surface area contributed by atoms with E-state index >= 15 is 0 Å². The molecule has 0 N–H and O–H groups in total. The minimum absolute atomic E-state index is 0.244. The van der Waals surface area contributed by atoms with Gasteiger partial charge in [-0.2, -0.15) is 0 Å². The van der Waals surface area contributed by atoms with Gasteiger partial charge in [0.2, 0.25) is 0 Å². The number of ketones is 1. The summed E-state index contributed by atoms with van der Waals surface area (Å²) in [4.78, 5) is 11.3. The van der Waals surface area contributed by atoms with Gasteiger partial charge in [0.25, 0.3) is 0 Å². The number of carbonyl (C=O) groups is 1. The third-order valence-corrected chi connectivity index (χ3v) is 2.22. The van der Waals surface area contributed by atoms with Gasteiger partial charge in [-0.1, -0.05) is 24.6 Å². The van der Waals surface area contributed by atoms with Gasteiger partial charge in [0, 0.05) is 18.4 Å². The van der Waals surface area contributed by atoms with E-state index in [1.807, 2.05) is 32.0 Å². The number of methoxy groups -OCH3 is 1. The molecule has 1 aromatic rings. The Hall–Kier alpha value is -1.31. The predicted octanol–water partition coefficient (Wildman–Crippen LogP) is 2.53. The number of aryl methyl sites for hydroxylation is 1. The van der Waals surface area contributed by atoms with Gasteiger partial charge in [-0.15, -0.1) is 0 Å². The van der Waals surface area contributed by atoms with E-state index in [0.29, 0.717) is 12.8 Å². The molecular formula is C12H16O2. The Morgan fingerprint density at radius 1 is 1.43 bits per heavy atom. The monoisotopic (exact) mass is 192 g/mol. The van der Waals surface area contributed by atoms with Crippen molar-refractivity contribution in [2.24, 2.45) is 0 Å². The molecule has 0 bridgehead atoms. The van der Waals surface area contributed by atoms with Gasteiger partial charge in [0.15, 0.2) is 0 Å². The average molecular weight is 192 g/mol. The summed E-state index contributed by atoms with van der Waals surface area (Å²) >= 11 is 0. The van der Waals surface area contributed by atoms with Gasteiger partial charge in [-0.3, -0.25) is 4.79 Å². The molecule has 0 atom stereocenters. The lowest BCUT2D eigenvalue weighted by atomic mass is 10.0. The minimum Gasteiger partial charge on any atom is -0.496 e. The molecule has 1 aromatic carbocycles. The number of hydrogen-bond donors (Lipinski definition) is 0. The maximum atomic E-state index is 11.3. The first-order valence-electron chi connectivity index (χ1n) is 4.82. The van der Waals surface area contributed by atoms with Crippen LogP contribution in [0.15, 0.2) is 18.2 Å². The minimum atomic E-state index is 0.244. The third kappa shape index (κ3) is 2.59. The molecule has 0 aliphatic carbocycles. The van der Waals surface area contributed by atoms with Crippen molar-refractivity contribution >= 4 is 5.78 Å². The lowest BCUT2D eigenvalue weighted by Gasteiger charge is -2.08. The zero-order chi connectivity index (χ0) is 10.6. The standard InChI is InChI=1S/C12H16O2/c1-4-11(13)8-10-7-9(2)5-6-12(10)14-3/h5-7H,4,8H2,1-3H3. The van der Waals surface area contributed by atoms with E-state index < -0.39 is 0 Å². The van der Waals surface area contributed by atoms with Gasteiger partial charge in [-0.25, -0.2) is 0 Å². The Bertz CT molecular complexity index is 329. The molecule has 0 unspecified atom stereocenters. The van der Waals surface area contributed by atoms with Gasteiger partial charge < -0.3 is 4.74 Å². The number of benzene rings is 1. The van der Waals surface area contributed by atoms with E-state index in [2.05, 4.69) is 0 Å². The fraction of sp³-hybridized carbons (Fsp3) is 0.417. The summed E-state index contributed by atoms with van der Waals surface area (Å²) < 4.78 is 5.19. The van der Waals surface area contributed by atoms with E-state index in [9.17, 15) is 4.79 Å². The highest BCUT2D eigenvalue weighted by molar-refractivity contribution is 5.81. The summed E-state index contributed by atoms with van der Waals surface area (Å²) in [5, 5.41) is 0. The van der Waals surface area contributed by atoms with Crippen LogP contribution in [0.2, 0.25) is 0 Å². The third-order valence-electron chi connectivity index (χ3n) is 2.22. The van der Waals surface area contributed by atoms with Crippen LogP contribution in [0, 0.1) is 6.92 Å². The molecule has 0 amide bonds. The van der Waals surface area contributed by atoms with E-state index in [0.717, 1.165) is 16.9 Å². The number of ether oxygens (including phenoxy) is 1. The molecule has 0 saturated carbocycles. The van der Waals surface area contributed by atoms with Crippen molar-refractivity contribution in [3.8, 4) is 5.75 Å². The van der Waals surface area contributed by atoms with Crippen molar-refractivity contribution in [2.75, 3.05) is 7.11 Å². The first-order valence-corrected chi connectivity index (χ1v) is 4.82. The van der Waals surface area contributed by atoms with E-state index in [1.165, 1.54) is 0 Å². The summed E-state index contributed by atoms with van der Waals surface area (Å²) in [6.07, 6.45) is 1.05. The van der Waals surface area contributed by atoms with Gasteiger partial charge in [0.1, 0.15) is 11.5 Å². The van der Waals surface area contributed by atoms with E-state index in [1.54, 1.807) is 7.11 Å². The first-order chi connectivity index (χ1) is 6.67. The van der Waals surface area contributed by atoms with E-state index in [-0.39, 0.29) is 5.78 Å². The van der Waals surface area contributed by atoms with Crippen LogP contribution in [-0.2, 0) is 11.2 Å². The van der Waals surface area contributed by atoms with Gasteiger partial charge >= 0.3 is 0 Å². The zero-order valence-electron chi connectivity index (χ0n) is 8.96. The molecular weight excluding hydrogens is 176 g/mol.